The Bertz CT molecular complexity index is 426. The lowest BCUT2D eigenvalue weighted by atomic mass is 10.1. The van der Waals surface area contributed by atoms with Crippen LogP contribution in [0.2, 0.25) is 0 Å². The Kier molecular flexibility index (Phi) is 3.91. The average molecular weight is 232 g/mol. The fourth-order valence-corrected chi connectivity index (χ4v) is 1.04. The highest BCUT2D eigenvalue weighted by molar-refractivity contribution is 5.38. The van der Waals surface area contributed by atoms with Crippen LogP contribution in [-0.2, 0) is 6.18 Å². The van der Waals surface area contributed by atoms with Crippen LogP contribution in [0.25, 0.3) is 0 Å². The van der Waals surface area contributed by atoms with Crippen LogP contribution in [0.1, 0.15) is 17.5 Å². The largest absolute Gasteiger partial charge is 0.419 e. The molecule has 0 spiro atoms. The molecule has 0 heterocycles. The molecule has 0 fully saturated rings. The van der Waals surface area contributed by atoms with Gasteiger partial charge in [0.2, 0.25) is 0 Å². The zero-order valence-corrected chi connectivity index (χ0v) is 8.11. The first-order valence-electron chi connectivity index (χ1n) is 4.41. The third-order valence-corrected chi connectivity index (χ3v) is 1.74. The molecule has 5 heteroatoms. The maximum Gasteiger partial charge on any atom is 0.419 e. The zero-order valence-electron chi connectivity index (χ0n) is 8.11. The molecular formula is C11H8F4O. The quantitative estimate of drug-likeness (QED) is 0.582. The average Bonchev–Trinajstić information content (AvgIpc) is 2.19. The Hall–Kier alpha value is -1.54. The Balaban J connectivity index is 3.05. The third-order valence-electron chi connectivity index (χ3n) is 1.74. The van der Waals surface area contributed by atoms with Crippen molar-refractivity contribution in [3.63, 3.8) is 0 Å². The molecule has 0 aliphatic rings. The number of alkyl halides is 3. The molecule has 1 nitrogen and oxygen atoms in total. The van der Waals surface area contributed by atoms with Crippen molar-refractivity contribution in [2.75, 3.05) is 6.61 Å². The first-order valence-corrected chi connectivity index (χ1v) is 4.41. The van der Waals surface area contributed by atoms with Crippen LogP contribution in [0.4, 0.5) is 17.6 Å². The fourth-order valence-electron chi connectivity index (χ4n) is 1.04. The van der Waals surface area contributed by atoms with E-state index in [4.69, 9.17) is 5.11 Å². The Labute approximate surface area is 89.7 Å². The van der Waals surface area contributed by atoms with Gasteiger partial charge in [0.1, 0.15) is 5.82 Å². The van der Waals surface area contributed by atoms with Crippen molar-refractivity contribution in [3.8, 4) is 11.8 Å². The molecule has 0 radical (unpaired) electrons. The van der Waals surface area contributed by atoms with Crippen molar-refractivity contribution in [2.45, 2.75) is 12.6 Å². The van der Waals surface area contributed by atoms with Gasteiger partial charge in [0, 0.05) is 12.0 Å². The highest BCUT2D eigenvalue weighted by Gasteiger charge is 2.34. The van der Waals surface area contributed by atoms with E-state index in [1.54, 1.807) is 0 Å². The summed E-state index contributed by atoms with van der Waals surface area (Å²) in [5.74, 6) is 3.55. The van der Waals surface area contributed by atoms with Gasteiger partial charge in [0.05, 0.1) is 12.2 Å². The van der Waals surface area contributed by atoms with Gasteiger partial charge in [-0.05, 0) is 18.2 Å². The van der Waals surface area contributed by atoms with Crippen molar-refractivity contribution in [1.29, 1.82) is 0 Å². The summed E-state index contributed by atoms with van der Waals surface area (Å²) in [6.45, 7) is -0.166. The van der Waals surface area contributed by atoms with E-state index in [-0.39, 0.29) is 18.6 Å². The predicted molar refractivity (Wildman–Crippen MR) is 50.0 cm³/mol. The van der Waals surface area contributed by atoms with Crippen LogP contribution < -0.4 is 0 Å². The lowest BCUT2D eigenvalue weighted by Crippen LogP contribution is -2.08. The second kappa shape index (κ2) is 4.99. The second-order valence-electron chi connectivity index (χ2n) is 2.97. The number of hydrogen-bond donors (Lipinski definition) is 1. The molecule has 0 aliphatic heterocycles. The Morgan fingerprint density at radius 1 is 1.25 bits per heavy atom. The molecule has 1 rings (SSSR count). The van der Waals surface area contributed by atoms with Gasteiger partial charge in [-0.25, -0.2) is 4.39 Å². The first-order chi connectivity index (χ1) is 7.45. The van der Waals surface area contributed by atoms with Gasteiger partial charge in [0.15, 0.2) is 0 Å². The summed E-state index contributed by atoms with van der Waals surface area (Å²) in [6, 6.07) is 2.54. The molecule has 1 N–H and O–H groups in total. The lowest BCUT2D eigenvalue weighted by molar-refractivity contribution is -0.140. The van der Waals surface area contributed by atoms with Gasteiger partial charge in [-0.1, -0.05) is 11.8 Å². The summed E-state index contributed by atoms with van der Waals surface area (Å²) in [5.41, 5.74) is -1.26. The smallest absolute Gasteiger partial charge is 0.395 e. The van der Waals surface area contributed by atoms with E-state index in [0.717, 1.165) is 12.1 Å². The van der Waals surface area contributed by atoms with Gasteiger partial charge in [-0.3, -0.25) is 0 Å². The highest BCUT2D eigenvalue weighted by atomic mass is 19.4. The van der Waals surface area contributed by atoms with E-state index in [0.29, 0.717) is 6.07 Å². The number of aliphatic hydroxyl groups excluding tert-OH is 1. The molecule has 0 aliphatic carbocycles. The van der Waals surface area contributed by atoms with Crippen LogP contribution in [0, 0.1) is 17.7 Å². The standard InChI is InChI=1S/C11H8F4O/c12-10-5-4-8(3-1-2-6-16)7-9(10)11(13,14)15/h4-5,7,16H,2,6H2. The Morgan fingerprint density at radius 3 is 2.50 bits per heavy atom. The molecule has 0 bridgehead atoms. The van der Waals surface area contributed by atoms with Crippen LogP contribution >= 0.6 is 0 Å². The molecule has 0 atom stereocenters. The maximum atomic E-state index is 12.8. The fraction of sp³-hybridized carbons (Fsp3) is 0.273. The van der Waals surface area contributed by atoms with Crippen LogP contribution in [0.15, 0.2) is 18.2 Å². The topological polar surface area (TPSA) is 20.2 Å². The monoisotopic (exact) mass is 232 g/mol. The summed E-state index contributed by atoms with van der Waals surface area (Å²) in [5, 5.41) is 8.43. The van der Waals surface area contributed by atoms with Gasteiger partial charge < -0.3 is 5.11 Å². The van der Waals surface area contributed by atoms with Gasteiger partial charge in [-0.15, -0.1) is 0 Å². The molecule has 0 unspecified atom stereocenters. The van der Waals surface area contributed by atoms with E-state index in [9.17, 15) is 17.6 Å². The number of aliphatic hydroxyl groups is 1. The molecule has 16 heavy (non-hydrogen) atoms. The number of benzene rings is 1. The summed E-state index contributed by atoms with van der Waals surface area (Å²) >= 11 is 0. The van der Waals surface area contributed by atoms with Crippen LogP contribution in [-0.4, -0.2) is 11.7 Å². The van der Waals surface area contributed by atoms with Crippen molar-refractivity contribution in [1.82, 2.24) is 0 Å². The minimum Gasteiger partial charge on any atom is -0.395 e. The van der Waals surface area contributed by atoms with Crippen LogP contribution in [0.3, 0.4) is 0 Å². The van der Waals surface area contributed by atoms with E-state index in [1.807, 2.05) is 0 Å². The molecule has 0 saturated carbocycles. The number of hydrogen-bond acceptors (Lipinski definition) is 1. The second-order valence-corrected chi connectivity index (χ2v) is 2.97. The Morgan fingerprint density at radius 2 is 1.94 bits per heavy atom. The minimum absolute atomic E-state index is 0.0715. The minimum atomic E-state index is -4.72. The molecule has 0 aromatic heterocycles. The van der Waals surface area contributed by atoms with Gasteiger partial charge in [0.25, 0.3) is 0 Å². The van der Waals surface area contributed by atoms with E-state index < -0.39 is 17.6 Å². The summed E-state index contributed by atoms with van der Waals surface area (Å²) in [4.78, 5) is 0. The molecule has 1 aromatic carbocycles. The van der Waals surface area contributed by atoms with Crippen molar-refractivity contribution in [3.05, 3.63) is 35.1 Å². The molecule has 1 aromatic rings. The van der Waals surface area contributed by atoms with E-state index in [2.05, 4.69) is 11.8 Å². The van der Waals surface area contributed by atoms with Gasteiger partial charge >= 0.3 is 6.18 Å². The predicted octanol–water partition coefficient (Wildman–Crippen LogP) is 2.58. The molecule has 0 amide bonds. The maximum absolute atomic E-state index is 12.8. The zero-order chi connectivity index (χ0) is 12.2. The molecule has 0 saturated heterocycles. The molecule has 86 valence electrons. The normalized spacial score (nSPS) is 10.8. The highest BCUT2D eigenvalue weighted by Crippen LogP contribution is 2.31. The van der Waals surface area contributed by atoms with Crippen LogP contribution in [0.5, 0.6) is 0 Å². The summed E-state index contributed by atoms with van der Waals surface area (Å²) in [7, 11) is 0. The first kappa shape index (κ1) is 12.5. The third kappa shape index (κ3) is 3.24. The number of halogens is 4. The summed E-state index contributed by atoms with van der Waals surface area (Å²) < 4.78 is 49.7. The SMILES string of the molecule is OCCC#Cc1ccc(F)c(C(F)(F)F)c1. The van der Waals surface area contributed by atoms with Crippen molar-refractivity contribution in [2.24, 2.45) is 0 Å². The van der Waals surface area contributed by atoms with E-state index >= 15 is 0 Å². The lowest BCUT2D eigenvalue weighted by Gasteiger charge is -2.07. The van der Waals surface area contributed by atoms with Gasteiger partial charge in [-0.2, -0.15) is 13.2 Å². The van der Waals surface area contributed by atoms with Crippen molar-refractivity contribution < 1.29 is 22.7 Å². The van der Waals surface area contributed by atoms with E-state index in [1.165, 1.54) is 0 Å². The van der Waals surface area contributed by atoms with Crippen molar-refractivity contribution >= 4 is 0 Å². The molecular weight excluding hydrogens is 224 g/mol. The number of rotatable bonds is 1. The summed E-state index contributed by atoms with van der Waals surface area (Å²) in [6.07, 6.45) is -4.56.